The summed E-state index contributed by atoms with van der Waals surface area (Å²) in [5.74, 6) is 0.224. The number of rotatable bonds is 11. The van der Waals surface area contributed by atoms with E-state index in [9.17, 15) is 18.3 Å². The van der Waals surface area contributed by atoms with Gasteiger partial charge in [-0.25, -0.2) is 13.2 Å². The first-order chi connectivity index (χ1) is 18.5. The summed E-state index contributed by atoms with van der Waals surface area (Å²) in [7, 11) is -3.92. The van der Waals surface area contributed by atoms with E-state index >= 15 is 0 Å². The van der Waals surface area contributed by atoms with Crippen LogP contribution < -0.4 is 11.1 Å². The van der Waals surface area contributed by atoms with Gasteiger partial charge in [0, 0.05) is 18.8 Å². The summed E-state index contributed by atoms with van der Waals surface area (Å²) >= 11 is 0. The molecule has 11 heteroatoms. The number of fused-ring (bicyclic) bond motifs is 1. The highest BCUT2D eigenvalue weighted by Gasteiger charge is 2.44. The number of allylic oxidation sites excluding steroid dienone is 4. The number of carbonyl (C=O) groups is 1. The molecule has 7 atom stereocenters. The number of benzene rings is 1. The summed E-state index contributed by atoms with van der Waals surface area (Å²) in [6.45, 7) is 6.72. The Morgan fingerprint density at radius 2 is 1.90 bits per heavy atom. The number of sulfonamides is 1. The highest BCUT2D eigenvalue weighted by Crippen LogP contribution is 2.33. The van der Waals surface area contributed by atoms with Gasteiger partial charge in [0.15, 0.2) is 6.29 Å². The van der Waals surface area contributed by atoms with Crippen molar-refractivity contribution in [2.45, 2.75) is 63.0 Å². The van der Waals surface area contributed by atoms with Crippen molar-refractivity contribution in [2.24, 2.45) is 23.7 Å². The fraction of sp³-hybridized carbons (Fsp3) is 0.607. The van der Waals surface area contributed by atoms with E-state index in [1.807, 2.05) is 32.1 Å². The molecular formula is C28H41N3O7S. The molecule has 1 aromatic carbocycles. The number of anilines is 1. The van der Waals surface area contributed by atoms with Crippen molar-refractivity contribution in [3.05, 3.63) is 48.6 Å². The molecule has 2 heterocycles. The number of nitrogens with zero attached hydrogens (tertiary/aromatic N) is 1. The lowest BCUT2D eigenvalue weighted by Crippen LogP contribution is -2.51. The van der Waals surface area contributed by atoms with Crippen LogP contribution in [0.4, 0.5) is 10.5 Å². The minimum Gasteiger partial charge on any atom is -0.443 e. The fourth-order valence-corrected chi connectivity index (χ4v) is 6.96. The third-order valence-corrected chi connectivity index (χ3v) is 9.42. The number of nitrogen functional groups attached to an aromatic ring is 1. The molecule has 39 heavy (non-hydrogen) atoms. The average molecular weight is 564 g/mol. The zero-order valence-electron chi connectivity index (χ0n) is 22.8. The Balaban J connectivity index is 1.51. The van der Waals surface area contributed by atoms with E-state index in [1.165, 1.54) is 28.6 Å². The first kappa shape index (κ1) is 29.5. The molecule has 4 rings (SSSR count). The smallest absolute Gasteiger partial charge is 0.407 e. The first-order valence-corrected chi connectivity index (χ1v) is 15.1. The second-order valence-electron chi connectivity index (χ2n) is 11.1. The molecular weight excluding hydrogens is 522 g/mol. The van der Waals surface area contributed by atoms with E-state index in [0.29, 0.717) is 18.7 Å². The van der Waals surface area contributed by atoms with Crippen LogP contribution in [-0.4, -0.2) is 74.8 Å². The fourth-order valence-electron chi connectivity index (χ4n) is 5.34. The first-order valence-electron chi connectivity index (χ1n) is 13.6. The monoisotopic (exact) mass is 563 g/mol. The van der Waals surface area contributed by atoms with Gasteiger partial charge in [-0.1, -0.05) is 45.1 Å². The summed E-state index contributed by atoms with van der Waals surface area (Å²) in [6, 6.07) is 5.24. The summed E-state index contributed by atoms with van der Waals surface area (Å²) in [6.07, 6.45) is 6.54. The number of aliphatic hydroxyl groups is 1. The zero-order valence-corrected chi connectivity index (χ0v) is 23.6. The van der Waals surface area contributed by atoms with E-state index in [-0.39, 0.29) is 54.6 Å². The third-order valence-electron chi connectivity index (χ3n) is 7.57. The van der Waals surface area contributed by atoms with Crippen LogP contribution in [0, 0.1) is 23.7 Å². The van der Waals surface area contributed by atoms with Gasteiger partial charge >= 0.3 is 6.09 Å². The lowest BCUT2D eigenvalue weighted by molar-refractivity contribution is -0.0907. The van der Waals surface area contributed by atoms with Crippen LogP contribution >= 0.6 is 0 Å². The topological polar surface area (TPSA) is 140 Å². The van der Waals surface area contributed by atoms with Crippen LogP contribution in [0.3, 0.4) is 0 Å². The van der Waals surface area contributed by atoms with Gasteiger partial charge in [-0.3, -0.25) is 0 Å². The van der Waals surface area contributed by atoms with E-state index in [2.05, 4.69) is 18.3 Å². The third kappa shape index (κ3) is 7.40. The maximum Gasteiger partial charge on any atom is 0.407 e. The SMILES string of the molecule is CC(C)CN(C[C@@H](O)[C@H](C[C@H]1C=CC=CC1C)NC(=O)O[C@H]1CO[C@H]2OCC[C@H]21)S(=O)(=O)c1ccc(N)cc1. The molecule has 2 aliphatic heterocycles. The predicted molar refractivity (Wildman–Crippen MR) is 147 cm³/mol. The van der Waals surface area contributed by atoms with Crippen molar-refractivity contribution in [3.63, 3.8) is 0 Å². The van der Waals surface area contributed by atoms with Crippen LogP contribution in [-0.2, 0) is 24.2 Å². The van der Waals surface area contributed by atoms with Crippen molar-refractivity contribution < 1.29 is 32.5 Å². The maximum absolute atomic E-state index is 13.6. The van der Waals surface area contributed by atoms with Gasteiger partial charge in [0.25, 0.3) is 0 Å². The number of carbonyl (C=O) groups excluding carboxylic acids is 1. The standard InChI is InChI=1S/C28H41N3O7S/c1-18(2)15-31(39(34,35)22-10-8-21(29)9-11-22)16-25(32)24(14-20-7-5-4-6-19(20)3)30-28(33)38-26-17-37-27-23(26)12-13-36-27/h4-11,18-20,23-27,32H,12-17,29H2,1-3H3,(H,30,33)/t19?,20-,23+,24+,25-,26+,27-/m1/s1. The molecule has 3 aliphatic rings. The largest absolute Gasteiger partial charge is 0.443 e. The van der Waals surface area contributed by atoms with Crippen LogP contribution in [0.15, 0.2) is 53.5 Å². The molecule has 1 unspecified atom stereocenters. The molecule has 0 saturated carbocycles. The van der Waals surface area contributed by atoms with E-state index < -0.39 is 34.4 Å². The molecule has 0 spiro atoms. The van der Waals surface area contributed by atoms with Crippen molar-refractivity contribution in [3.8, 4) is 0 Å². The van der Waals surface area contributed by atoms with Gasteiger partial charge in [-0.15, -0.1) is 0 Å². The van der Waals surface area contributed by atoms with Crippen molar-refractivity contribution >= 4 is 21.8 Å². The molecule has 1 amide bonds. The number of hydrogen-bond acceptors (Lipinski definition) is 8. The Labute approximate surface area is 231 Å². The normalized spacial score (nSPS) is 28.0. The molecule has 0 bridgehead atoms. The number of hydrogen-bond donors (Lipinski definition) is 3. The van der Waals surface area contributed by atoms with Gasteiger partial charge in [-0.2, -0.15) is 4.31 Å². The minimum absolute atomic E-state index is 0.00695. The van der Waals surface area contributed by atoms with Gasteiger partial charge in [-0.05, 0) is 54.9 Å². The van der Waals surface area contributed by atoms with Crippen LogP contribution in [0.25, 0.3) is 0 Å². The Bertz CT molecular complexity index is 1140. The molecule has 1 aliphatic carbocycles. The Kier molecular flexibility index (Phi) is 9.71. The highest BCUT2D eigenvalue weighted by atomic mass is 32.2. The maximum atomic E-state index is 13.6. The van der Waals surface area contributed by atoms with Gasteiger partial charge in [0.2, 0.25) is 10.0 Å². The highest BCUT2D eigenvalue weighted by molar-refractivity contribution is 7.89. The van der Waals surface area contributed by atoms with Gasteiger partial charge < -0.3 is 30.4 Å². The lowest BCUT2D eigenvalue weighted by atomic mass is 9.84. The molecule has 4 N–H and O–H groups in total. The van der Waals surface area contributed by atoms with Crippen molar-refractivity contribution in [2.75, 3.05) is 32.0 Å². The van der Waals surface area contributed by atoms with E-state index in [1.54, 1.807) is 0 Å². The van der Waals surface area contributed by atoms with Crippen molar-refractivity contribution in [1.29, 1.82) is 0 Å². The van der Waals surface area contributed by atoms with Crippen LogP contribution in [0.1, 0.15) is 33.6 Å². The summed E-state index contributed by atoms with van der Waals surface area (Å²) in [5, 5.41) is 14.3. The number of ether oxygens (including phenoxy) is 3. The molecule has 0 radical (unpaired) electrons. The number of aliphatic hydroxyl groups excluding tert-OH is 1. The molecule has 216 valence electrons. The second kappa shape index (κ2) is 12.8. The molecule has 0 aromatic heterocycles. The number of nitrogens with one attached hydrogen (secondary N) is 1. The Morgan fingerprint density at radius 1 is 1.18 bits per heavy atom. The summed E-state index contributed by atoms with van der Waals surface area (Å²) in [5.41, 5.74) is 6.21. The lowest BCUT2D eigenvalue weighted by Gasteiger charge is -2.33. The van der Waals surface area contributed by atoms with Gasteiger partial charge in [0.05, 0.1) is 36.2 Å². The Hall–Kier alpha value is -2.44. The summed E-state index contributed by atoms with van der Waals surface area (Å²) < 4.78 is 45.2. The predicted octanol–water partition coefficient (Wildman–Crippen LogP) is 2.90. The minimum atomic E-state index is -3.92. The molecule has 10 nitrogen and oxygen atoms in total. The van der Waals surface area contributed by atoms with Crippen molar-refractivity contribution in [1.82, 2.24) is 9.62 Å². The Morgan fingerprint density at radius 3 is 2.59 bits per heavy atom. The summed E-state index contributed by atoms with van der Waals surface area (Å²) in [4.78, 5) is 13.1. The average Bonchev–Trinajstić information content (AvgIpc) is 3.49. The molecule has 2 fully saturated rings. The van der Waals surface area contributed by atoms with Crippen LogP contribution in [0.5, 0.6) is 0 Å². The molecule has 1 aromatic rings. The quantitative estimate of drug-likeness (QED) is 0.349. The van der Waals surface area contributed by atoms with E-state index in [0.717, 1.165) is 6.42 Å². The number of alkyl carbamates (subject to hydrolysis) is 1. The van der Waals surface area contributed by atoms with Crippen LogP contribution in [0.2, 0.25) is 0 Å². The zero-order chi connectivity index (χ0) is 28.2. The van der Waals surface area contributed by atoms with Gasteiger partial charge in [0.1, 0.15) is 6.10 Å². The van der Waals surface area contributed by atoms with E-state index in [4.69, 9.17) is 19.9 Å². The number of nitrogens with two attached hydrogens (primary N) is 1. The number of amides is 1. The second-order valence-corrected chi connectivity index (χ2v) is 13.0. The molecule has 2 saturated heterocycles.